The highest BCUT2D eigenvalue weighted by Gasteiger charge is 2.51. The minimum atomic E-state index is -4.38. The van der Waals surface area contributed by atoms with Gasteiger partial charge in [-0.25, -0.2) is 4.79 Å². The maximum Gasteiger partial charge on any atom is 0.408 e. The summed E-state index contributed by atoms with van der Waals surface area (Å²) >= 11 is 6.03. The number of halogens is 1. The number of benzene rings is 1. The van der Waals surface area contributed by atoms with Gasteiger partial charge in [-0.05, 0) is 75.0 Å². The van der Waals surface area contributed by atoms with E-state index in [9.17, 15) is 29.2 Å². The molecule has 1 aromatic rings. The van der Waals surface area contributed by atoms with Gasteiger partial charge < -0.3 is 39.5 Å². The molecule has 0 radical (unpaired) electrons. The molecule has 0 aliphatic heterocycles. The summed E-state index contributed by atoms with van der Waals surface area (Å²) in [5, 5.41) is 28.5. The van der Waals surface area contributed by atoms with E-state index in [1.807, 2.05) is 0 Å². The number of nitrogens with zero attached hydrogens (tertiary/aromatic N) is 1. The van der Waals surface area contributed by atoms with E-state index in [0.29, 0.717) is 22.4 Å². The molecule has 4 unspecified atom stereocenters. The van der Waals surface area contributed by atoms with E-state index in [1.165, 1.54) is 19.0 Å². The predicted octanol–water partition coefficient (Wildman–Crippen LogP) is 4.41. The van der Waals surface area contributed by atoms with Crippen LogP contribution in [0.15, 0.2) is 24.3 Å². The highest BCUT2D eigenvalue weighted by Crippen LogP contribution is 2.55. The van der Waals surface area contributed by atoms with Gasteiger partial charge in [0.15, 0.2) is 5.72 Å². The number of carbonyl (C=O) groups is 3. The summed E-state index contributed by atoms with van der Waals surface area (Å²) < 4.78 is 29.4. The van der Waals surface area contributed by atoms with E-state index in [0.717, 1.165) is 32.1 Å². The van der Waals surface area contributed by atoms with Gasteiger partial charge in [-0.1, -0.05) is 36.6 Å². The summed E-state index contributed by atoms with van der Waals surface area (Å²) in [7, 11) is -1.33. The molecule has 4 atom stereocenters. The third-order valence-corrected chi connectivity index (χ3v) is 11.0. The second kappa shape index (κ2) is 16.4. The molecule has 1 aromatic carbocycles. The van der Waals surface area contributed by atoms with Crippen LogP contribution in [0.3, 0.4) is 0 Å². The molecule has 3 amide bonds. The maximum absolute atomic E-state index is 13.9. The molecule has 248 valence electrons. The van der Waals surface area contributed by atoms with Gasteiger partial charge in [0.2, 0.25) is 17.7 Å². The van der Waals surface area contributed by atoms with Crippen LogP contribution in [-0.2, 0) is 34.5 Å². The zero-order valence-corrected chi connectivity index (χ0v) is 27.6. The van der Waals surface area contributed by atoms with E-state index in [4.69, 9.17) is 25.4 Å². The topological polar surface area (TPSA) is 164 Å². The first kappa shape index (κ1) is 36.3. The highest BCUT2D eigenvalue weighted by atomic mass is 35.5. The van der Waals surface area contributed by atoms with Gasteiger partial charge in [0, 0.05) is 32.0 Å². The Hall–Kier alpha value is -2.21. The van der Waals surface area contributed by atoms with Crippen molar-refractivity contribution in [3.63, 3.8) is 0 Å². The highest BCUT2D eigenvalue weighted by molar-refractivity contribution is 7.54. The van der Waals surface area contributed by atoms with E-state index in [2.05, 4.69) is 10.6 Å². The summed E-state index contributed by atoms with van der Waals surface area (Å²) in [6.07, 6.45) is 3.91. The van der Waals surface area contributed by atoms with Gasteiger partial charge in [0.25, 0.3) is 0 Å². The first-order valence-corrected chi connectivity index (χ1v) is 17.3. The van der Waals surface area contributed by atoms with Crippen molar-refractivity contribution >= 4 is 37.1 Å². The Morgan fingerprint density at radius 1 is 1.14 bits per heavy atom. The number of aliphatic hydroxyl groups excluding tert-OH is 1. The standard InChI is InChI=1S/C30H47ClN3O9P/c1-5-42-44(40,43-6-2)28(37)30(39,15-14-26(35)34(3)4)33-27(36)25(18-23-16-20-10-12-22(23)13-11-20)32-29(38)41-19-21-8-7-9-24(31)17-21/h7-9,17,20,22-23,25,28,37,39H,5-6,10-16,18-19H2,1-4H3,(H,32,38)(H,33,36). The SMILES string of the molecule is CCOP(=O)(OCC)C(O)C(O)(CCC(=O)N(C)C)NC(=O)C(CC1CC2CCC1CC2)NC(=O)OCc1cccc(Cl)c1. The molecule has 0 spiro atoms. The molecule has 3 saturated carbocycles. The first-order chi connectivity index (χ1) is 20.8. The second-order valence-electron chi connectivity index (χ2n) is 11.9. The molecule has 0 heterocycles. The lowest BCUT2D eigenvalue weighted by Crippen LogP contribution is -2.61. The molecular weight excluding hydrogens is 613 g/mol. The molecular formula is C30H47ClN3O9P. The van der Waals surface area contributed by atoms with E-state index in [1.54, 1.807) is 38.1 Å². The van der Waals surface area contributed by atoms with Gasteiger partial charge in [-0.2, -0.15) is 0 Å². The Bertz CT molecular complexity index is 1170. The van der Waals surface area contributed by atoms with Gasteiger partial charge in [0.1, 0.15) is 12.6 Å². The van der Waals surface area contributed by atoms with Crippen molar-refractivity contribution in [1.29, 1.82) is 0 Å². The number of hydrogen-bond acceptors (Lipinski definition) is 9. The van der Waals surface area contributed by atoms with Gasteiger partial charge in [-0.3, -0.25) is 14.2 Å². The van der Waals surface area contributed by atoms with Crippen molar-refractivity contribution in [2.24, 2.45) is 17.8 Å². The lowest BCUT2D eigenvalue weighted by atomic mass is 9.63. The fourth-order valence-electron chi connectivity index (χ4n) is 6.18. The zero-order chi connectivity index (χ0) is 32.5. The number of fused-ring (bicyclic) bond motifs is 3. The molecule has 12 nitrogen and oxygen atoms in total. The maximum atomic E-state index is 13.9. The largest absolute Gasteiger partial charge is 0.445 e. The Morgan fingerprint density at radius 3 is 2.34 bits per heavy atom. The summed E-state index contributed by atoms with van der Waals surface area (Å²) in [5.74, 6) is -2.34. The Kier molecular flexibility index (Phi) is 13.5. The van der Waals surface area contributed by atoms with Crippen LogP contribution in [0.5, 0.6) is 0 Å². The van der Waals surface area contributed by atoms with Crippen LogP contribution in [-0.4, -0.2) is 77.9 Å². The van der Waals surface area contributed by atoms with E-state index in [-0.39, 0.29) is 38.6 Å². The van der Waals surface area contributed by atoms with Crippen LogP contribution < -0.4 is 10.6 Å². The third-order valence-electron chi connectivity index (χ3n) is 8.50. The minimum absolute atomic E-state index is 0.0872. The summed E-state index contributed by atoms with van der Waals surface area (Å²) in [6.45, 7) is 2.77. The van der Waals surface area contributed by atoms with Crippen molar-refractivity contribution in [1.82, 2.24) is 15.5 Å². The minimum Gasteiger partial charge on any atom is -0.445 e. The van der Waals surface area contributed by atoms with Crippen LogP contribution in [0.25, 0.3) is 0 Å². The van der Waals surface area contributed by atoms with Gasteiger partial charge in [-0.15, -0.1) is 0 Å². The van der Waals surface area contributed by atoms with E-state index < -0.39 is 49.5 Å². The average molecular weight is 660 g/mol. The molecule has 3 aliphatic rings. The summed E-state index contributed by atoms with van der Waals surface area (Å²) in [4.78, 5) is 40.5. The first-order valence-electron chi connectivity index (χ1n) is 15.3. The monoisotopic (exact) mass is 659 g/mol. The number of alkyl carbamates (subject to hydrolysis) is 1. The molecule has 14 heteroatoms. The van der Waals surface area contributed by atoms with Crippen LogP contribution >= 0.6 is 19.2 Å². The van der Waals surface area contributed by atoms with Crippen molar-refractivity contribution in [3.8, 4) is 0 Å². The number of amides is 3. The van der Waals surface area contributed by atoms with Crippen LogP contribution in [0, 0.1) is 17.8 Å². The predicted molar refractivity (Wildman–Crippen MR) is 165 cm³/mol. The van der Waals surface area contributed by atoms with Gasteiger partial charge in [0.05, 0.1) is 13.2 Å². The molecule has 2 bridgehead atoms. The van der Waals surface area contributed by atoms with Crippen molar-refractivity contribution < 1.29 is 42.9 Å². The fraction of sp³-hybridized carbons (Fsp3) is 0.700. The second-order valence-corrected chi connectivity index (χ2v) is 14.4. The third kappa shape index (κ3) is 9.89. The molecule has 44 heavy (non-hydrogen) atoms. The fourth-order valence-corrected chi connectivity index (χ4v) is 8.18. The summed E-state index contributed by atoms with van der Waals surface area (Å²) in [6, 6.07) is 5.66. The van der Waals surface area contributed by atoms with Crippen LogP contribution in [0.2, 0.25) is 5.02 Å². The lowest BCUT2D eigenvalue weighted by molar-refractivity contribution is -0.143. The number of ether oxygens (including phenoxy) is 1. The van der Waals surface area contributed by atoms with Crippen molar-refractivity contribution in [2.75, 3.05) is 27.3 Å². The molecule has 4 N–H and O–H groups in total. The number of nitrogens with one attached hydrogen (secondary N) is 2. The molecule has 0 saturated heterocycles. The van der Waals surface area contributed by atoms with E-state index >= 15 is 0 Å². The number of aliphatic hydroxyl groups is 2. The number of carbonyl (C=O) groups excluding carboxylic acids is 3. The zero-order valence-electron chi connectivity index (χ0n) is 26.0. The smallest absolute Gasteiger partial charge is 0.408 e. The Morgan fingerprint density at radius 2 is 1.80 bits per heavy atom. The average Bonchev–Trinajstić information content (AvgIpc) is 2.99. The Balaban J connectivity index is 1.85. The quantitative estimate of drug-likeness (QED) is 0.149. The normalized spacial score (nSPS) is 22.4. The number of hydrogen-bond donors (Lipinski definition) is 4. The lowest BCUT2D eigenvalue weighted by Gasteiger charge is -2.44. The van der Waals surface area contributed by atoms with Gasteiger partial charge >= 0.3 is 13.7 Å². The Labute approximate surface area is 264 Å². The number of rotatable bonds is 16. The van der Waals surface area contributed by atoms with Crippen molar-refractivity contribution in [2.45, 2.75) is 89.4 Å². The summed E-state index contributed by atoms with van der Waals surface area (Å²) in [5.41, 5.74) is -1.94. The van der Waals surface area contributed by atoms with Crippen LogP contribution in [0.1, 0.15) is 70.8 Å². The van der Waals surface area contributed by atoms with Crippen LogP contribution in [0.4, 0.5) is 4.79 Å². The molecule has 3 fully saturated rings. The molecule has 0 aromatic heterocycles. The molecule has 3 aliphatic carbocycles. The van der Waals surface area contributed by atoms with Crippen molar-refractivity contribution in [3.05, 3.63) is 34.9 Å². The molecule has 4 rings (SSSR count).